The van der Waals surface area contributed by atoms with Crippen LogP contribution in [0.4, 0.5) is 36.3 Å². The average molecular weight is 516 g/mol. The van der Waals surface area contributed by atoms with Gasteiger partial charge in [0, 0.05) is 13.1 Å². The molecule has 34 heavy (non-hydrogen) atoms. The predicted octanol–water partition coefficient (Wildman–Crippen LogP) is 3.66. The molecule has 9 nitrogen and oxygen atoms in total. The van der Waals surface area contributed by atoms with Gasteiger partial charge in [-0.2, -0.15) is 13.2 Å². The Bertz CT molecular complexity index is 1070. The molecule has 0 radical (unpaired) electrons. The molecule has 2 aromatic rings. The van der Waals surface area contributed by atoms with Crippen LogP contribution >= 0.6 is 11.3 Å². The van der Waals surface area contributed by atoms with Crippen molar-refractivity contribution >= 4 is 44.6 Å². The SMILES string of the molecule is CN(CC(=O)Nc1nc2ccc(OC(F)(F)F)cc2s1)C(=O)COC(=O)NC(C)(C)C(F)(F)F. The predicted molar refractivity (Wildman–Crippen MR) is 107 cm³/mol. The topological polar surface area (TPSA) is 110 Å². The average Bonchev–Trinajstić information content (AvgIpc) is 3.04. The number of thiazole rings is 1. The zero-order chi connectivity index (χ0) is 25.9. The van der Waals surface area contributed by atoms with Crippen molar-refractivity contribution < 1.29 is 50.2 Å². The number of rotatable bonds is 7. The van der Waals surface area contributed by atoms with Gasteiger partial charge in [-0.15, -0.1) is 13.2 Å². The molecule has 0 saturated carbocycles. The zero-order valence-electron chi connectivity index (χ0n) is 17.8. The number of fused-ring (bicyclic) bond motifs is 1. The van der Waals surface area contributed by atoms with Gasteiger partial charge in [0.1, 0.15) is 11.3 Å². The van der Waals surface area contributed by atoms with Gasteiger partial charge in [0.05, 0.1) is 16.8 Å². The number of amides is 3. The van der Waals surface area contributed by atoms with Crippen molar-refractivity contribution in [2.24, 2.45) is 0 Å². The number of ether oxygens (including phenoxy) is 2. The first-order chi connectivity index (χ1) is 15.5. The number of nitrogens with one attached hydrogen (secondary N) is 2. The second-order valence-electron chi connectivity index (χ2n) is 7.32. The Hall–Kier alpha value is -3.30. The molecule has 188 valence electrons. The minimum atomic E-state index is -4.87. The highest BCUT2D eigenvalue weighted by atomic mass is 32.1. The number of carbonyl (C=O) groups excluding carboxylic acids is 3. The van der Waals surface area contributed by atoms with Gasteiger partial charge in [-0.3, -0.25) is 9.59 Å². The fourth-order valence-electron chi connectivity index (χ4n) is 2.22. The Balaban J connectivity index is 1.87. The van der Waals surface area contributed by atoms with Gasteiger partial charge in [0.15, 0.2) is 11.7 Å². The zero-order valence-corrected chi connectivity index (χ0v) is 18.6. The first kappa shape index (κ1) is 26.9. The third-order valence-corrected chi connectivity index (χ3v) is 5.03. The van der Waals surface area contributed by atoms with E-state index >= 15 is 0 Å². The van der Waals surface area contributed by atoms with Gasteiger partial charge in [-0.05, 0) is 26.0 Å². The molecule has 0 saturated heterocycles. The first-order valence-corrected chi connectivity index (χ1v) is 10.0. The molecule has 0 bridgehead atoms. The van der Waals surface area contributed by atoms with Crippen LogP contribution in [0.3, 0.4) is 0 Å². The summed E-state index contributed by atoms with van der Waals surface area (Å²) in [4.78, 5) is 40.5. The Morgan fingerprint density at radius 2 is 1.76 bits per heavy atom. The van der Waals surface area contributed by atoms with Crippen LogP contribution < -0.4 is 15.4 Å². The summed E-state index contributed by atoms with van der Waals surface area (Å²) in [5.74, 6) is -2.08. The summed E-state index contributed by atoms with van der Waals surface area (Å²) in [5.41, 5.74) is -2.30. The minimum absolute atomic E-state index is 0.0371. The largest absolute Gasteiger partial charge is 0.573 e. The molecule has 0 unspecified atom stereocenters. The van der Waals surface area contributed by atoms with Crippen molar-refractivity contribution in [3.63, 3.8) is 0 Å². The molecule has 1 aromatic carbocycles. The fourth-order valence-corrected chi connectivity index (χ4v) is 3.13. The summed E-state index contributed by atoms with van der Waals surface area (Å²) < 4.78 is 83.8. The highest BCUT2D eigenvalue weighted by molar-refractivity contribution is 7.22. The number of halogens is 6. The number of hydrogen-bond acceptors (Lipinski definition) is 7. The van der Waals surface area contributed by atoms with E-state index < -0.39 is 54.9 Å². The van der Waals surface area contributed by atoms with E-state index in [-0.39, 0.29) is 5.13 Å². The molecule has 0 spiro atoms. The molecule has 2 N–H and O–H groups in total. The molecular formula is C18H18F6N4O5S. The van der Waals surface area contributed by atoms with Crippen LogP contribution in [0.5, 0.6) is 5.75 Å². The Labute approximate surface area is 192 Å². The minimum Gasteiger partial charge on any atom is -0.439 e. The maximum Gasteiger partial charge on any atom is 0.573 e. The van der Waals surface area contributed by atoms with E-state index in [4.69, 9.17) is 0 Å². The molecular weight excluding hydrogens is 498 g/mol. The maximum atomic E-state index is 12.8. The number of benzene rings is 1. The van der Waals surface area contributed by atoms with Gasteiger partial charge in [0.25, 0.3) is 5.91 Å². The van der Waals surface area contributed by atoms with E-state index in [0.29, 0.717) is 24.1 Å². The van der Waals surface area contributed by atoms with E-state index in [0.717, 1.165) is 28.4 Å². The Morgan fingerprint density at radius 3 is 2.35 bits per heavy atom. The van der Waals surface area contributed by atoms with Crippen LogP contribution in [0.1, 0.15) is 13.8 Å². The summed E-state index contributed by atoms with van der Waals surface area (Å²) in [6.45, 7) is -0.0413. The van der Waals surface area contributed by atoms with Crippen molar-refractivity contribution in [2.45, 2.75) is 31.9 Å². The number of hydrogen-bond donors (Lipinski definition) is 2. The highest BCUT2D eigenvalue weighted by Gasteiger charge is 2.48. The lowest BCUT2D eigenvalue weighted by Crippen LogP contribution is -2.54. The number of nitrogens with zero attached hydrogens (tertiary/aromatic N) is 2. The number of alkyl halides is 6. The summed E-state index contributed by atoms with van der Waals surface area (Å²) >= 11 is 0.859. The fraction of sp³-hybridized carbons (Fsp3) is 0.444. The standard InChI is InChI=1S/C18H18F6N4O5S/c1-16(2,17(19,20)21)27-15(31)32-8-13(30)28(3)7-12(29)26-14-25-10-5-4-9(6-11(10)34-14)33-18(22,23)24/h4-6H,7-8H2,1-3H3,(H,27,31)(H,25,26,29). The van der Waals surface area contributed by atoms with Crippen molar-refractivity contribution in [1.82, 2.24) is 15.2 Å². The summed E-state index contributed by atoms with van der Waals surface area (Å²) in [6, 6.07) is 3.41. The van der Waals surface area contributed by atoms with Crippen LogP contribution in [0.2, 0.25) is 0 Å². The van der Waals surface area contributed by atoms with Crippen LogP contribution in [0.25, 0.3) is 10.2 Å². The van der Waals surface area contributed by atoms with E-state index in [1.54, 1.807) is 5.32 Å². The van der Waals surface area contributed by atoms with Gasteiger partial charge in [-0.25, -0.2) is 9.78 Å². The third kappa shape index (κ3) is 7.64. The summed E-state index contributed by atoms with van der Waals surface area (Å²) in [6.07, 6.45) is -11.1. The second-order valence-corrected chi connectivity index (χ2v) is 8.35. The molecule has 0 fully saturated rings. The number of aromatic nitrogens is 1. The molecule has 0 atom stereocenters. The van der Waals surface area contributed by atoms with E-state index in [1.165, 1.54) is 13.1 Å². The molecule has 2 rings (SSSR count). The summed E-state index contributed by atoms with van der Waals surface area (Å²) in [5, 5.41) is 3.98. The van der Waals surface area contributed by atoms with E-state index in [2.05, 4.69) is 19.8 Å². The normalized spacial score (nSPS) is 12.3. The molecule has 0 aliphatic heterocycles. The van der Waals surface area contributed by atoms with Crippen molar-refractivity contribution in [3.8, 4) is 5.75 Å². The van der Waals surface area contributed by atoms with Gasteiger partial charge in [-0.1, -0.05) is 11.3 Å². The molecule has 1 heterocycles. The van der Waals surface area contributed by atoms with Gasteiger partial charge < -0.3 is 25.0 Å². The third-order valence-electron chi connectivity index (χ3n) is 4.10. The number of alkyl carbamates (subject to hydrolysis) is 1. The molecule has 0 aliphatic carbocycles. The quantitative estimate of drug-likeness (QED) is 0.544. The lowest BCUT2D eigenvalue weighted by atomic mass is 10.1. The Morgan fingerprint density at radius 1 is 1.12 bits per heavy atom. The number of likely N-dealkylation sites (N-methyl/N-ethyl adjacent to an activating group) is 1. The lowest BCUT2D eigenvalue weighted by Gasteiger charge is -2.28. The monoisotopic (exact) mass is 516 g/mol. The summed E-state index contributed by atoms with van der Waals surface area (Å²) in [7, 11) is 1.18. The molecule has 3 amide bonds. The molecule has 0 aliphatic rings. The van der Waals surface area contributed by atoms with Gasteiger partial charge in [0.2, 0.25) is 5.91 Å². The second kappa shape index (κ2) is 9.90. The highest BCUT2D eigenvalue weighted by Crippen LogP contribution is 2.32. The van der Waals surface area contributed by atoms with Crippen molar-refractivity contribution in [3.05, 3.63) is 18.2 Å². The molecule has 1 aromatic heterocycles. The maximum absolute atomic E-state index is 12.8. The van der Waals surface area contributed by atoms with Gasteiger partial charge >= 0.3 is 18.6 Å². The number of carbonyl (C=O) groups is 3. The van der Waals surface area contributed by atoms with E-state index in [1.807, 2.05) is 0 Å². The number of anilines is 1. The van der Waals surface area contributed by atoms with Crippen LogP contribution in [0, 0.1) is 0 Å². The van der Waals surface area contributed by atoms with E-state index in [9.17, 15) is 40.7 Å². The van der Waals surface area contributed by atoms with Crippen molar-refractivity contribution in [2.75, 3.05) is 25.5 Å². The van der Waals surface area contributed by atoms with Crippen LogP contribution in [-0.2, 0) is 14.3 Å². The lowest BCUT2D eigenvalue weighted by molar-refractivity contribution is -0.274. The first-order valence-electron chi connectivity index (χ1n) is 9.18. The van der Waals surface area contributed by atoms with Crippen LogP contribution in [-0.4, -0.2) is 66.1 Å². The Kier molecular flexibility index (Phi) is 7.85. The smallest absolute Gasteiger partial charge is 0.439 e. The molecule has 16 heteroatoms. The van der Waals surface area contributed by atoms with Crippen molar-refractivity contribution in [1.29, 1.82) is 0 Å². The van der Waals surface area contributed by atoms with Crippen LogP contribution in [0.15, 0.2) is 18.2 Å².